The quantitative estimate of drug-likeness (QED) is 0.781. The van der Waals surface area contributed by atoms with Crippen molar-refractivity contribution in [2.45, 2.75) is 12.5 Å². The molecule has 0 fully saturated rings. The molecule has 2 aromatic rings. The van der Waals surface area contributed by atoms with E-state index >= 15 is 0 Å². The molecule has 20 heavy (non-hydrogen) atoms. The largest absolute Gasteiger partial charge is 0.387 e. The second-order valence-electron chi connectivity index (χ2n) is 5.21. The smallest absolute Gasteiger partial charge is 0.211 e. The normalized spacial score (nSPS) is 22.7. The maximum absolute atomic E-state index is 12.5. The highest BCUT2D eigenvalue weighted by atomic mass is 16.6. The second-order valence-corrected chi connectivity index (χ2v) is 5.21. The molecule has 3 heteroatoms. The summed E-state index contributed by atoms with van der Waals surface area (Å²) in [5.74, 6) is 0.0333. The van der Waals surface area contributed by atoms with Gasteiger partial charge >= 0.3 is 0 Å². The van der Waals surface area contributed by atoms with Crippen molar-refractivity contribution in [3.05, 3.63) is 71.3 Å². The Kier molecular flexibility index (Phi) is 2.46. The molecule has 4 rings (SSSR count). The summed E-state index contributed by atoms with van der Waals surface area (Å²) in [4.78, 5) is 18.1. The van der Waals surface area contributed by atoms with Gasteiger partial charge in [-0.2, -0.15) is 0 Å². The van der Waals surface area contributed by atoms with Gasteiger partial charge in [0.05, 0.1) is 5.92 Å². The molecule has 0 unspecified atom stereocenters. The van der Waals surface area contributed by atoms with Crippen LogP contribution in [0.1, 0.15) is 27.6 Å². The molecule has 3 nitrogen and oxygen atoms in total. The van der Waals surface area contributed by atoms with Gasteiger partial charge in [-0.05, 0) is 17.5 Å². The summed E-state index contributed by atoms with van der Waals surface area (Å²) in [5, 5.41) is 4.06. The fraction of sp³-hybridized carbons (Fsp3) is 0.176. The molecular formula is C17H13NO2. The highest BCUT2D eigenvalue weighted by Gasteiger charge is 2.44. The fourth-order valence-electron chi connectivity index (χ4n) is 3.06. The van der Waals surface area contributed by atoms with Gasteiger partial charge in [0.25, 0.3) is 0 Å². The predicted octanol–water partition coefficient (Wildman–Crippen LogP) is 3.17. The number of carbonyl (C=O) groups is 1. The van der Waals surface area contributed by atoms with E-state index in [9.17, 15) is 4.79 Å². The highest BCUT2D eigenvalue weighted by molar-refractivity contribution is 6.47. The van der Waals surface area contributed by atoms with Crippen molar-refractivity contribution < 1.29 is 9.63 Å². The van der Waals surface area contributed by atoms with Gasteiger partial charge in [-0.3, -0.25) is 4.79 Å². The van der Waals surface area contributed by atoms with Crippen LogP contribution in [0.15, 0.2) is 59.8 Å². The second kappa shape index (κ2) is 4.30. The minimum atomic E-state index is -0.0890. The SMILES string of the molecule is O=C(C1=NO[C@@H]2c3ccccc3C[C@H]12)c1ccccc1. The van der Waals surface area contributed by atoms with Gasteiger partial charge < -0.3 is 4.84 Å². The molecule has 0 saturated carbocycles. The maximum Gasteiger partial charge on any atom is 0.211 e. The fourth-order valence-corrected chi connectivity index (χ4v) is 3.06. The van der Waals surface area contributed by atoms with Gasteiger partial charge in [0, 0.05) is 5.56 Å². The molecule has 0 N–H and O–H groups in total. The predicted molar refractivity (Wildman–Crippen MR) is 75.7 cm³/mol. The Morgan fingerprint density at radius 2 is 1.80 bits per heavy atom. The third-order valence-corrected chi connectivity index (χ3v) is 4.05. The maximum atomic E-state index is 12.5. The van der Waals surface area contributed by atoms with Crippen LogP contribution in [-0.2, 0) is 11.3 Å². The molecule has 2 aliphatic rings. The number of ketones is 1. The summed E-state index contributed by atoms with van der Waals surface area (Å²) in [6.07, 6.45) is 0.743. The van der Waals surface area contributed by atoms with E-state index in [1.54, 1.807) is 0 Å². The van der Waals surface area contributed by atoms with Crippen LogP contribution in [0.5, 0.6) is 0 Å². The van der Waals surface area contributed by atoms with E-state index in [0.717, 1.165) is 12.0 Å². The van der Waals surface area contributed by atoms with Crippen LogP contribution in [0.2, 0.25) is 0 Å². The van der Waals surface area contributed by atoms with Gasteiger partial charge in [-0.1, -0.05) is 59.8 Å². The van der Waals surface area contributed by atoms with Crippen LogP contribution >= 0.6 is 0 Å². The lowest BCUT2D eigenvalue weighted by atomic mass is 9.92. The monoisotopic (exact) mass is 263 g/mol. The Hall–Kier alpha value is -2.42. The lowest BCUT2D eigenvalue weighted by molar-refractivity contribution is 0.0697. The zero-order valence-electron chi connectivity index (χ0n) is 10.8. The van der Waals surface area contributed by atoms with E-state index in [-0.39, 0.29) is 17.8 Å². The van der Waals surface area contributed by atoms with Crippen LogP contribution in [0.25, 0.3) is 0 Å². The lowest BCUT2D eigenvalue weighted by Gasteiger charge is -2.09. The number of hydrogen-bond acceptors (Lipinski definition) is 3. The first kappa shape index (κ1) is 11.4. The standard InChI is InChI=1S/C17H13NO2/c19-16(11-6-2-1-3-7-11)15-14-10-12-8-4-5-9-13(12)17(14)20-18-15/h1-9,14,17H,10H2/t14-,17-/m1/s1. The molecule has 0 aromatic heterocycles. The van der Waals surface area contributed by atoms with Crippen molar-refractivity contribution in [1.29, 1.82) is 0 Å². The summed E-state index contributed by atoms with van der Waals surface area (Å²) in [6, 6.07) is 17.5. The van der Waals surface area contributed by atoms with Crippen molar-refractivity contribution in [2.75, 3.05) is 0 Å². The van der Waals surface area contributed by atoms with Crippen LogP contribution < -0.4 is 0 Å². The zero-order chi connectivity index (χ0) is 13.5. The Bertz CT molecular complexity index is 706. The number of carbonyl (C=O) groups excluding carboxylic acids is 1. The van der Waals surface area contributed by atoms with Gasteiger partial charge in [-0.25, -0.2) is 0 Å². The number of rotatable bonds is 2. The molecule has 2 aromatic carbocycles. The average molecular weight is 263 g/mol. The van der Waals surface area contributed by atoms with E-state index < -0.39 is 0 Å². The van der Waals surface area contributed by atoms with Crippen molar-refractivity contribution in [1.82, 2.24) is 0 Å². The van der Waals surface area contributed by atoms with Crippen LogP contribution in [0.4, 0.5) is 0 Å². The third kappa shape index (κ3) is 1.59. The van der Waals surface area contributed by atoms with Crippen LogP contribution in [0.3, 0.4) is 0 Å². The highest BCUT2D eigenvalue weighted by Crippen LogP contribution is 2.43. The van der Waals surface area contributed by atoms with Crippen molar-refractivity contribution >= 4 is 11.5 Å². The average Bonchev–Trinajstić information content (AvgIpc) is 3.06. The first-order chi connectivity index (χ1) is 9.84. The molecule has 1 heterocycles. The van der Waals surface area contributed by atoms with Crippen molar-refractivity contribution in [2.24, 2.45) is 11.1 Å². The Balaban J connectivity index is 1.66. The summed E-state index contributed by atoms with van der Waals surface area (Å²) in [6.45, 7) is 0. The number of fused-ring (bicyclic) bond motifs is 3. The number of oxime groups is 1. The number of hydrogen-bond donors (Lipinski definition) is 0. The molecular weight excluding hydrogens is 250 g/mol. The van der Waals surface area contributed by atoms with Crippen molar-refractivity contribution in [3.63, 3.8) is 0 Å². The molecule has 0 amide bonds. The Morgan fingerprint density at radius 3 is 2.65 bits per heavy atom. The first-order valence-electron chi connectivity index (χ1n) is 6.76. The van der Waals surface area contributed by atoms with Gasteiger partial charge in [0.15, 0.2) is 6.10 Å². The molecule has 1 aliphatic carbocycles. The van der Waals surface area contributed by atoms with Gasteiger partial charge in [0.1, 0.15) is 5.71 Å². The van der Waals surface area contributed by atoms with Gasteiger partial charge in [-0.15, -0.1) is 0 Å². The molecule has 2 atom stereocenters. The lowest BCUT2D eigenvalue weighted by Crippen LogP contribution is -2.22. The summed E-state index contributed by atoms with van der Waals surface area (Å²) in [7, 11) is 0. The van der Waals surface area contributed by atoms with Crippen LogP contribution in [-0.4, -0.2) is 11.5 Å². The summed E-state index contributed by atoms with van der Waals surface area (Å²) < 4.78 is 0. The number of benzene rings is 2. The van der Waals surface area contributed by atoms with Crippen LogP contribution in [0, 0.1) is 5.92 Å². The van der Waals surface area contributed by atoms with E-state index in [0.29, 0.717) is 11.3 Å². The Morgan fingerprint density at radius 1 is 1.05 bits per heavy atom. The summed E-state index contributed by atoms with van der Waals surface area (Å²) >= 11 is 0. The first-order valence-corrected chi connectivity index (χ1v) is 6.76. The molecule has 1 aliphatic heterocycles. The number of Topliss-reactive ketones (excluding diaryl/α,β-unsaturated/α-hetero) is 1. The molecule has 98 valence electrons. The number of nitrogens with zero attached hydrogens (tertiary/aromatic N) is 1. The minimum absolute atomic E-state index is 0.0223. The molecule has 0 radical (unpaired) electrons. The molecule has 0 saturated heterocycles. The minimum Gasteiger partial charge on any atom is -0.387 e. The molecule has 0 bridgehead atoms. The van der Waals surface area contributed by atoms with E-state index in [2.05, 4.69) is 17.3 Å². The van der Waals surface area contributed by atoms with Gasteiger partial charge in [0.2, 0.25) is 5.78 Å². The zero-order valence-corrected chi connectivity index (χ0v) is 10.8. The molecule has 0 spiro atoms. The van der Waals surface area contributed by atoms with E-state index in [1.165, 1.54) is 5.56 Å². The van der Waals surface area contributed by atoms with E-state index in [1.807, 2.05) is 42.5 Å². The summed E-state index contributed by atoms with van der Waals surface area (Å²) in [5.41, 5.74) is 3.65. The topological polar surface area (TPSA) is 38.7 Å². The Labute approximate surface area is 116 Å². The van der Waals surface area contributed by atoms with Crippen molar-refractivity contribution in [3.8, 4) is 0 Å². The third-order valence-electron chi connectivity index (χ3n) is 4.05. The van der Waals surface area contributed by atoms with E-state index in [4.69, 9.17) is 4.84 Å².